The normalized spacial score (nSPS) is 11.5. The first-order chi connectivity index (χ1) is 24.5. The minimum atomic E-state index is -0.294. The highest BCUT2D eigenvalue weighted by Crippen LogP contribution is 2.37. The van der Waals surface area contributed by atoms with Gasteiger partial charge in [0.1, 0.15) is 5.75 Å². The fraction of sp³-hybridized carbons (Fsp3) is 0.310. The van der Waals surface area contributed by atoms with E-state index in [4.69, 9.17) is 9.47 Å². The van der Waals surface area contributed by atoms with E-state index in [2.05, 4.69) is 57.5 Å². The zero-order chi connectivity index (χ0) is 35.0. The van der Waals surface area contributed by atoms with Crippen LogP contribution < -0.4 is 10.1 Å². The third kappa shape index (κ3) is 10.3. The molecule has 0 saturated carbocycles. The maximum absolute atomic E-state index is 11.4. The number of esters is 1. The molecule has 0 radical (unpaired) electrons. The molecule has 0 amide bonds. The van der Waals surface area contributed by atoms with E-state index in [9.17, 15) is 4.79 Å². The van der Waals surface area contributed by atoms with Gasteiger partial charge in [0.15, 0.2) is 0 Å². The van der Waals surface area contributed by atoms with Crippen LogP contribution in [0.1, 0.15) is 65.2 Å². The second kappa shape index (κ2) is 19.0. The predicted molar refractivity (Wildman–Crippen MR) is 205 cm³/mol. The SMILES string of the molecule is C=C(C)C(=O)OCCCCCCCCCCOc1ccc(N=Nc2ccc(N=Nc3ccc(NCC)c4ccccc34)c3ccccc23)cc1. The molecule has 50 heavy (non-hydrogen) atoms. The lowest BCUT2D eigenvalue weighted by molar-refractivity contribution is -0.139. The second-order valence-corrected chi connectivity index (χ2v) is 12.3. The number of anilines is 1. The van der Waals surface area contributed by atoms with E-state index in [0.29, 0.717) is 18.8 Å². The maximum atomic E-state index is 11.4. The van der Waals surface area contributed by atoms with Gasteiger partial charge in [-0.1, -0.05) is 93.6 Å². The van der Waals surface area contributed by atoms with Gasteiger partial charge in [-0.2, -0.15) is 5.11 Å². The van der Waals surface area contributed by atoms with E-state index in [0.717, 1.165) is 88.0 Å². The quantitative estimate of drug-likeness (QED) is 0.0409. The van der Waals surface area contributed by atoms with E-state index in [1.165, 1.54) is 25.7 Å². The molecule has 258 valence electrons. The average Bonchev–Trinajstić information content (AvgIpc) is 3.14. The Kier molecular flexibility index (Phi) is 13.6. The standard InChI is InChI=1S/C42H47N5O3/c1-4-43-38-25-26-40(35-18-12-11-17-34(35)38)46-47-41-28-27-39(36-19-13-14-20-37(36)41)45-44-32-21-23-33(24-22-32)49-29-15-9-7-5-6-8-10-16-30-50-42(48)31(2)3/h11-14,17-28,43H,2,4-10,15-16,29-30H2,1,3H3. The zero-order valence-corrected chi connectivity index (χ0v) is 29.2. The Labute approximate surface area is 295 Å². The molecule has 0 aliphatic rings. The van der Waals surface area contributed by atoms with E-state index in [-0.39, 0.29) is 5.97 Å². The van der Waals surface area contributed by atoms with Crippen LogP contribution in [0.5, 0.6) is 5.75 Å². The minimum absolute atomic E-state index is 0.294. The smallest absolute Gasteiger partial charge is 0.333 e. The van der Waals surface area contributed by atoms with Crippen LogP contribution >= 0.6 is 0 Å². The van der Waals surface area contributed by atoms with Crippen molar-refractivity contribution in [2.24, 2.45) is 20.5 Å². The molecule has 0 aliphatic carbocycles. The summed E-state index contributed by atoms with van der Waals surface area (Å²) in [6.07, 6.45) is 8.98. The molecule has 5 aromatic rings. The number of nitrogens with zero attached hydrogens (tertiary/aromatic N) is 4. The lowest BCUT2D eigenvalue weighted by atomic mass is 10.1. The van der Waals surface area contributed by atoms with Gasteiger partial charge in [-0.3, -0.25) is 0 Å². The predicted octanol–water partition coefficient (Wildman–Crippen LogP) is 12.9. The molecule has 0 fully saturated rings. The first-order valence-electron chi connectivity index (χ1n) is 17.7. The first kappa shape index (κ1) is 35.9. The van der Waals surface area contributed by atoms with Crippen molar-refractivity contribution < 1.29 is 14.3 Å². The molecule has 1 N–H and O–H groups in total. The minimum Gasteiger partial charge on any atom is -0.494 e. The van der Waals surface area contributed by atoms with Gasteiger partial charge >= 0.3 is 5.97 Å². The molecule has 0 aromatic heterocycles. The van der Waals surface area contributed by atoms with Crippen molar-refractivity contribution in [3.8, 4) is 5.75 Å². The summed E-state index contributed by atoms with van der Waals surface area (Å²) in [4.78, 5) is 11.4. The van der Waals surface area contributed by atoms with Gasteiger partial charge in [0.2, 0.25) is 0 Å². The van der Waals surface area contributed by atoms with Crippen LogP contribution in [0.2, 0.25) is 0 Å². The number of hydrogen-bond donors (Lipinski definition) is 1. The van der Waals surface area contributed by atoms with Gasteiger partial charge < -0.3 is 14.8 Å². The van der Waals surface area contributed by atoms with Crippen molar-refractivity contribution in [3.05, 3.63) is 109 Å². The van der Waals surface area contributed by atoms with Crippen LogP contribution in [0.4, 0.5) is 28.4 Å². The summed E-state index contributed by atoms with van der Waals surface area (Å²) >= 11 is 0. The third-order valence-electron chi connectivity index (χ3n) is 8.41. The second-order valence-electron chi connectivity index (χ2n) is 12.3. The molecule has 0 spiro atoms. The maximum Gasteiger partial charge on any atom is 0.333 e. The van der Waals surface area contributed by atoms with Gasteiger partial charge in [-0.05, 0) is 75.2 Å². The molecule has 0 unspecified atom stereocenters. The Morgan fingerprint density at radius 2 is 1.08 bits per heavy atom. The molecule has 0 heterocycles. The highest BCUT2D eigenvalue weighted by Gasteiger charge is 2.08. The molecule has 8 heteroatoms. The van der Waals surface area contributed by atoms with Gasteiger partial charge in [0.25, 0.3) is 0 Å². The molecule has 0 atom stereocenters. The monoisotopic (exact) mass is 669 g/mol. The number of nitrogens with one attached hydrogen (secondary N) is 1. The van der Waals surface area contributed by atoms with Crippen LogP contribution in [0.15, 0.2) is 130 Å². The fourth-order valence-electron chi connectivity index (χ4n) is 5.73. The number of unbranched alkanes of at least 4 members (excludes halogenated alkanes) is 7. The van der Waals surface area contributed by atoms with Crippen LogP contribution in [-0.2, 0) is 9.53 Å². The number of rotatable bonds is 19. The Hall–Kier alpha value is -5.37. The number of carbonyl (C=O) groups excluding carboxylic acids is 1. The molecule has 5 rings (SSSR count). The van der Waals surface area contributed by atoms with Crippen molar-refractivity contribution >= 4 is 56.0 Å². The fourth-order valence-corrected chi connectivity index (χ4v) is 5.73. The molecule has 0 aliphatic heterocycles. The van der Waals surface area contributed by atoms with Gasteiger partial charge in [0.05, 0.1) is 36.0 Å². The largest absolute Gasteiger partial charge is 0.494 e. The summed E-state index contributed by atoms with van der Waals surface area (Å²) in [5.74, 6) is 0.540. The summed E-state index contributed by atoms with van der Waals surface area (Å²) in [6, 6.07) is 32.0. The molecule has 5 aromatic carbocycles. The van der Waals surface area contributed by atoms with Gasteiger partial charge in [-0.15, -0.1) is 15.3 Å². The van der Waals surface area contributed by atoms with Crippen LogP contribution in [0, 0.1) is 0 Å². The molecule has 0 saturated heterocycles. The Morgan fingerprint density at radius 3 is 1.64 bits per heavy atom. The van der Waals surface area contributed by atoms with E-state index in [1.54, 1.807) is 6.92 Å². The zero-order valence-electron chi connectivity index (χ0n) is 29.2. The topological polar surface area (TPSA) is 97.0 Å². The van der Waals surface area contributed by atoms with Crippen molar-refractivity contribution in [2.45, 2.75) is 65.2 Å². The average molecular weight is 670 g/mol. The lowest BCUT2D eigenvalue weighted by Crippen LogP contribution is -2.05. The van der Waals surface area contributed by atoms with Crippen LogP contribution in [-0.4, -0.2) is 25.7 Å². The van der Waals surface area contributed by atoms with Crippen LogP contribution in [0.3, 0.4) is 0 Å². The number of benzene rings is 5. The summed E-state index contributed by atoms with van der Waals surface area (Å²) < 4.78 is 11.1. The van der Waals surface area contributed by atoms with Gasteiger partial charge in [0, 0.05) is 39.4 Å². The highest BCUT2D eigenvalue weighted by atomic mass is 16.5. The Bertz CT molecular complexity index is 1930. The third-order valence-corrected chi connectivity index (χ3v) is 8.41. The van der Waals surface area contributed by atoms with Crippen molar-refractivity contribution in [2.75, 3.05) is 25.1 Å². The summed E-state index contributed by atoms with van der Waals surface area (Å²) in [5.41, 5.74) is 4.67. The Balaban J connectivity index is 1.08. The van der Waals surface area contributed by atoms with E-state index in [1.807, 2.05) is 78.9 Å². The first-order valence-corrected chi connectivity index (χ1v) is 17.7. The number of hydrogen-bond acceptors (Lipinski definition) is 8. The van der Waals surface area contributed by atoms with E-state index < -0.39 is 0 Å². The highest BCUT2D eigenvalue weighted by molar-refractivity contribution is 6.01. The number of azo groups is 2. The molecular formula is C42H47N5O3. The van der Waals surface area contributed by atoms with Crippen molar-refractivity contribution in [1.82, 2.24) is 0 Å². The van der Waals surface area contributed by atoms with Crippen LogP contribution in [0.25, 0.3) is 21.5 Å². The van der Waals surface area contributed by atoms with Crippen molar-refractivity contribution in [1.29, 1.82) is 0 Å². The molecular weight excluding hydrogens is 622 g/mol. The van der Waals surface area contributed by atoms with Crippen molar-refractivity contribution in [3.63, 3.8) is 0 Å². The summed E-state index contributed by atoms with van der Waals surface area (Å²) in [7, 11) is 0. The molecule has 0 bridgehead atoms. The van der Waals surface area contributed by atoms with Gasteiger partial charge in [-0.25, -0.2) is 4.79 Å². The summed E-state index contributed by atoms with van der Waals surface area (Å²) in [5, 5.41) is 26.0. The number of carbonyl (C=O) groups is 1. The summed E-state index contributed by atoms with van der Waals surface area (Å²) in [6.45, 7) is 9.39. The van der Waals surface area contributed by atoms with E-state index >= 15 is 0 Å². The number of fused-ring (bicyclic) bond motifs is 2. The lowest BCUT2D eigenvalue weighted by Gasteiger charge is -2.09. The Morgan fingerprint density at radius 1 is 0.600 bits per heavy atom. The number of ether oxygens (including phenoxy) is 2. The molecule has 8 nitrogen and oxygen atoms in total.